The highest BCUT2D eigenvalue weighted by Crippen LogP contribution is 2.50. The molecule has 2 fully saturated rings. The average molecular weight is 323 g/mol. The van der Waals surface area contributed by atoms with E-state index in [0.29, 0.717) is 18.3 Å². The number of fused-ring (bicyclic) bond motifs is 1. The van der Waals surface area contributed by atoms with Crippen LogP contribution in [0.4, 0.5) is 5.82 Å². The van der Waals surface area contributed by atoms with E-state index in [1.807, 2.05) is 19.2 Å². The largest absolute Gasteiger partial charge is 0.507 e. The summed E-state index contributed by atoms with van der Waals surface area (Å²) in [6.07, 6.45) is 5.52. The molecule has 0 radical (unpaired) electrons. The first-order chi connectivity index (χ1) is 11.7. The Morgan fingerprint density at radius 3 is 2.71 bits per heavy atom. The minimum absolute atomic E-state index is 0.000628. The molecular weight excluding hydrogens is 302 g/mol. The highest BCUT2D eigenvalue weighted by atomic mass is 16.5. The lowest BCUT2D eigenvalue weighted by atomic mass is 9.92. The molecule has 2 saturated carbocycles. The van der Waals surface area contributed by atoms with Crippen molar-refractivity contribution in [1.82, 2.24) is 10.2 Å². The number of ether oxygens (including phenoxy) is 1. The highest BCUT2D eigenvalue weighted by molar-refractivity contribution is 5.73. The lowest BCUT2D eigenvalue weighted by molar-refractivity contribution is 0.00835. The van der Waals surface area contributed by atoms with Crippen LogP contribution in [0.25, 0.3) is 11.3 Å². The maximum absolute atomic E-state index is 10.6. The number of aromatic nitrogens is 2. The van der Waals surface area contributed by atoms with E-state index in [9.17, 15) is 5.11 Å². The Balaban J connectivity index is 1.63. The Morgan fingerprint density at radius 2 is 2.04 bits per heavy atom. The molecule has 0 unspecified atom stereocenters. The second-order valence-corrected chi connectivity index (χ2v) is 7.30. The summed E-state index contributed by atoms with van der Waals surface area (Å²) >= 11 is 0. The van der Waals surface area contributed by atoms with Crippen molar-refractivity contribution >= 4 is 5.82 Å². The molecule has 2 N–H and O–H groups in total. The summed E-state index contributed by atoms with van der Waals surface area (Å²) in [6.45, 7) is 0.564. The molecule has 1 aromatic carbocycles. The summed E-state index contributed by atoms with van der Waals surface area (Å²) in [5.41, 5.74) is 5.06. The van der Waals surface area contributed by atoms with Crippen LogP contribution in [0.15, 0.2) is 18.2 Å². The first-order valence-corrected chi connectivity index (χ1v) is 8.72. The van der Waals surface area contributed by atoms with E-state index >= 15 is 0 Å². The smallest absolute Gasteiger partial charge is 0.154 e. The Hall–Kier alpha value is -2.14. The molecule has 5 rings (SSSR count). The predicted octanol–water partition coefficient (Wildman–Crippen LogP) is 3.37. The number of nitrogens with one attached hydrogen (secondary N) is 1. The van der Waals surface area contributed by atoms with Gasteiger partial charge in [-0.1, -0.05) is 6.07 Å². The van der Waals surface area contributed by atoms with Crippen LogP contribution in [0.1, 0.15) is 48.3 Å². The summed E-state index contributed by atoms with van der Waals surface area (Å²) in [6, 6.07) is 6.03. The van der Waals surface area contributed by atoms with Crippen molar-refractivity contribution < 1.29 is 9.84 Å². The van der Waals surface area contributed by atoms with Gasteiger partial charge in [-0.25, -0.2) is 0 Å². The monoisotopic (exact) mass is 323 g/mol. The molecule has 0 atom stereocenters. The molecule has 0 bridgehead atoms. The van der Waals surface area contributed by atoms with Gasteiger partial charge in [0.15, 0.2) is 5.82 Å². The van der Waals surface area contributed by atoms with Gasteiger partial charge in [0.05, 0.1) is 12.2 Å². The Bertz CT molecular complexity index is 826. The van der Waals surface area contributed by atoms with Crippen molar-refractivity contribution in [3.8, 4) is 17.0 Å². The lowest BCUT2D eigenvalue weighted by Gasteiger charge is -2.27. The van der Waals surface area contributed by atoms with Crippen molar-refractivity contribution in [2.45, 2.75) is 50.2 Å². The second-order valence-electron chi connectivity index (χ2n) is 7.30. The van der Waals surface area contributed by atoms with Gasteiger partial charge in [0.1, 0.15) is 11.4 Å². The fourth-order valence-electron chi connectivity index (χ4n) is 3.75. The van der Waals surface area contributed by atoms with Gasteiger partial charge in [-0.05, 0) is 54.9 Å². The zero-order valence-electron chi connectivity index (χ0n) is 13.8. The van der Waals surface area contributed by atoms with Crippen molar-refractivity contribution in [3.05, 3.63) is 34.9 Å². The summed E-state index contributed by atoms with van der Waals surface area (Å²) in [4.78, 5) is 0. The predicted molar refractivity (Wildman–Crippen MR) is 91.1 cm³/mol. The van der Waals surface area contributed by atoms with Gasteiger partial charge in [-0.2, -0.15) is 0 Å². The Labute approximate surface area is 141 Å². The van der Waals surface area contributed by atoms with E-state index < -0.39 is 0 Å². The van der Waals surface area contributed by atoms with E-state index in [1.165, 1.54) is 24.0 Å². The molecule has 1 aliphatic heterocycles. The molecule has 2 aliphatic carbocycles. The van der Waals surface area contributed by atoms with Crippen LogP contribution in [0.2, 0.25) is 0 Å². The Morgan fingerprint density at radius 1 is 1.21 bits per heavy atom. The zero-order chi connectivity index (χ0) is 16.3. The van der Waals surface area contributed by atoms with Crippen LogP contribution in [-0.4, -0.2) is 28.0 Å². The fraction of sp³-hybridized carbons (Fsp3) is 0.474. The highest BCUT2D eigenvalue weighted by Gasteiger charge is 2.48. The summed E-state index contributed by atoms with van der Waals surface area (Å²) < 4.78 is 6.06. The minimum atomic E-state index is -0.000628. The van der Waals surface area contributed by atoms with Crippen LogP contribution in [0, 0.1) is 0 Å². The minimum Gasteiger partial charge on any atom is -0.507 e. The van der Waals surface area contributed by atoms with Gasteiger partial charge in [0, 0.05) is 24.6 Å². The number of phenols is 1. The average Bonchev–Trinajstić information content (AvgIpc) is 3.50. The summed E-state index contributed by atoms with van der Waals surface area (Å²) in [5, 5.41) is 22.5. The molecule has 1 aromatic heterocycles. The van der Waals surface area contributed by atoms with Crippen LogP contribution >= 0.6 is 0 Å². The molecule has 1 spiro atoms. The Kier molecular flexibility index (Phi) is 2.92. The van der Waals surface area contributed by atoms with E-state index in [2.05, 4.69) is 21.6 Å². The molecular formula is C19H21N3O2. The third-order valence-electron chi connectivity index (χ3n) is 5.58. The van der Waals surface area contributed by atoms with Crippen LogP contribution in [0.5, 0.6) is 5.75 Å². The SMILES string of the molecule is CNc1nnc(-c2ccc(C3CC3)cc2O)c2c1COC1(CC1)C2. The maximum atomic E-state index is 10.6. The fourth-order valence-corrected chi connectivity index (χ4v) is 3.75. The van der Waals surface area contributed by atoms with E-state index in [0.717, 1.165) is 41.9 Å². The van der Waals surface area contributed by atoms with Gasteiger partial charge >= 0.3 is 0 Å². The van der Waals surface area contributed by atoms with Crippen molar-refractivity contribution in [1.29, 1.82) is 0 Å². The van der Waals surface area contributed by atoms with Gasteiger partial charge < -0.3 is 15.2 Å². The van der Waals surface area contributed by atoms with Gasteiger partial charge in [-0.15, -0.1) is 10.2 Å². The quantitative estimate of drug-likeness (QED) is 0.906. The van der Waals surface area contributed by atoms with Crippen molar-refractivity contribution in [2.24, 2.45) is 0 Å². The summed E-state index contributed by atoms with van der Waals surface area (Å²) in [5.74, 6) is 1.71. The molecule has 2 heterocycles. The molecule has 5 heteroatoms. The molecule has 0 saturated heterocycles. The molecule has 24 heavy (non-hydrogen) atoms. The molecule has 3 aliphatic rings. The number of anilines is 1. The number of aromatic hydroxyl groups is 1. The van der Waals surface area contributed by atoms with Gasteiger partial charge in [0.2, 0.25) is 0 Å². The topological polar surface area (TPSA) is 67.3 Å². The standard InChI is InChI=1S/C19H21N3O2/c1-20-18-15-10-24-19(6-7-19)9-14(15)17(21-22-18)13-5-4-12(8-16(13)23)11-2-3-11/h4-5,8,11,23H,2-3,6-7,9-10H2,1H3,(H,20,22). The van der Waals surface area contributed by atoms with E-state index in [-0.39, 0.29) is 5.60 Å². The maximum Gasteiger partial charge on any atom is 0.154 e. The third-order valence-corrected chi connectivity index (χ3v) is 5.58. The number of phenolic OH excluding ortho intramolecular Hbond substituents is 1. The lowest BCUT2D eigenvalue weighted by Crippen LogP contribution is -2.26. The van der Waals surface area contributed by atoms with E-state index in [4.69, 9.17) is 4.74 Å². The molecule has 5 nitrogen and oxygen atoms in total. The van der Waals surface area contributed by atoms with Crippen LogP contribution in [-0.2, 0) is 17.8 Å². The van der Waals surface area contributed by atoms with Crippen molar-refractivity contribution in [3.63, 3.8) is 0 Å². The van der Waals surface area contributed by atoms with Crippen LogP contribution in [0.3, 0.4) is 0 Å². The number of benzene rings is 1. The van der Waals surface area contributed by atoms with Gasteiger partial charge in [0.25, 0.3) is 0 Å². The first kappa shape index (κ1) is 14.2. The number of rotatable bonds is 3. The molecule has 124 valence electrons. The van der Waals surface area contributed by atoms with E-state index in [1.54, 1.807) is 0 Å². The number of nitrogens with zero attached hydrogens (tertiary/aromatic N) is 2. The summed E-state index contributed by atoms with van der Waals surface area (Å²) in [7, 11) is 1.85. The second kappa shape index (κ2) is 4.93. The van der Waals surface area contributed by atoms with Crippen molar-refractivity contribution in [2.75, 3.05) is 12.4 Å². The first-order valence-electron chi connectivity index (χ1n) is 8.72. The third kappa shape index (κ3) is 2.18. The molecule has 2 aromatic rings. The molecule has 0 amide bonds. The zero-order valence-corrected chi connectivity index (χ0v) is 13.8. The normalized spacial score (nSPS) is 20.7. The van der Waals surface area contributed by atoms with Gasteiger partial charge in [-0.3, -0.25) is 0 Å². The number of hydrogen-bond donors (Lipinski definition) is 2. The van der Waals surface area contributed by atoms with Crippen LogP contribution < -0.4 is 5.32 Å². The number of hydrogen-bond acceptors (Lipinski definition) is 5.